The minimum atomic E-state index is -0.0937. The fraction of sp³-hybridized carbons (Fsp3) is 0.500. The maximum Gasteiger partial charge on any atom is 0.251 e. The largest absolute Gasteiger partial charge is 0.494 e. The predicted molar refractivity (Wildman–Crippen MR) is 101 cm³/mol. The Morgan fingerprint density at radius 3 is 2.77 bits per heavy atom. The topological polar surface area (TPSA) is 59.4 Å². The summed E-state index contributed by atoms with van der Waals surface area (Å²) in [5.74, 6) is 0.683. The summed E-state index contributed by atoms with van der Waals surface area (Å²) in [7, 11) is 0. The smallest absolute Gasteiger partial charge is 0.251 e. The van der Waals surface area contributed by atoms with Crippen LogP contribution in [0.2, 0.25) is 0 Å². The maximum atomic E-state index is 12.3. The number of ether oxygens (including phenoxy) is 1. The molecular weight excluding hydrogens is 328 g/mol. The van der Waals surface area contributed by atoms with Crippen molar-refractivity contribution in [2.45, 2.75) is 46.3 Å². The Morgan fingerprint density at radius 2 is 2.04 bits per heavy atom. The summed E-state index contributed by atoms with van der Waals surface area (Å²) in [4.78, 5) is 14.8. The molecule has 0 saturated carbocycles. The van der Waals surface area contributed by atoms with Crippen molar-refractivity contribution in [2.24, 2.45) is 0 Å². The number of aryl methyl sites for hydroxylation is 1. The summed E-state index contributed by atoms with van der Waals surface area (Å²) in [5, 5.41) is 7.62. The highest BCUT2D eigenvalue weighted by molar-refractivity contribution is 5.94. The van der Waals surface area contributed by atoms with Crippen LogP contribution in [-0.2, 0) is 19.6 Å². The molecule has 0 radical (unpaired) electrons. The molecule has 0 bridgehead atoms. The molecule has 1 aliphatic heterocycles. The van der Waals surface area contributed by atoms with Gasteiger partial charge in [0, 0.05) is 25.2 Å². The van der Waals surface area contributed by atoms with Gasteiger partial charge in [-0.05, 0) is 56.6 Å². The van der Waals surface area contributed by atoms with E-state index in [9.17, 15) is 4.79 Å². The molecule has 1 aromatic carbocycles. The number of hydrogen-bond donors (Lipinski definition) is 1. The Bertz CT molecular complexity index is 724. The van der Waals surface area contributed by atoms with Crippen LogP contribution in [0.25, 0.3) is 0 Å². The number of nitrogens with one attached hydrogen (secondary N) is 1. The molecule has 6 heteroatoms. The van der Waals surface area contributed by atoms with Crippen molar-refractivity contribution < 1.29 is 9.53 Å². The quantitative estimate of drug-likeness (QED) is 0.829. The van der Waals surface area contributed by atoms with Gasteiger partial charge in [-0.25, -0.2) is 0 Å². The third-order valence-corrected chi connectivity index (χ3v) is 4.54. The van der Waals surface area contributed by atoms with E-state index in [4.69, 9.17) is 4.74 Å². The maximum absolute atomic E-state index is 12.3. The molecule has 0 fully saturated rings. The molecule has 0 saturated heterocycles. The van der Waals surface area contributed by atoms with Gasteiger partial charge in [0.25, 0.3) is 5.91 Å². The lowest BCUT2D eigenvalue weighted by molar-refractivity contribution is 0.0950. The Balaban J connectivity index is 1.58. The lowest BCUT2D eigenvalue weighted by Gasteiger charge is -2.17. The summed E-state index contributed by atoms with van der Waals surface area (Å²) in [5.41, 5.74) is 2.78. The molecule has 2 heterocycles. The molecule has 0 unspecified atom stereocenters. The van der Waals surface area contributed by atoms with Gasteiger partial charge >= 0.3 is 0 Å². The van der Waals surface area contributed by atoms with Crippen LogP contribution < -0.4 is 10.1 Å². The van der Waals surface area contributed by atoms with E-state index in [0.29, 0.717) is 18.7 Å². The number of nitrogens with zero attached hydrogens (tertiary/aromatic N) is 3. The molecule has 1 aromatic heterocycles. The van der Waals surface area contributed by atoms with Gasteiger partial charge in [0.2, 0.25) is 0 Å². The lowest BCUT2D eigenvalue weighted by Crippen LogP contribution is -2.24. The highest BCUT2D eigenvalue weighted by Crippen LogP contribution is 2.15. The SMILES string of the molecule is CCCN1CCCn2nc(CNC(=O)c3ccc(OCC)cc3)cc2C1. The summed E-state index contributed by atoms with van der Waals surface area (Å²) in [6, 6.07) is 9.32. The number of hydrogen-bond acceptors (Lipinski definition) is 4. The van der Waals surface area contributed by atoms with Crippen LogP contribution in [0.15, 0.2) is 30.3 Å². The zero-order chi connectivity index (χ0) is 18.4. The minimum Gasteiger partial charge on any atom is -0.494 e. The molecular formula is C20H28N4O2. The molecule has 0 atom stereocenters. The van der Waals surface area contributed by atoms with E-state index in [1.54, 1.807) is 12.1 Å². The molecule has 140 valence electrons. The van der Waals surface area contributed by atoms with Gasteiger partial charge in [0.15, 0.2) is 0 Å². The normalized spacial score (nSPS) is 14.5. The van der Waals surface area contributed by atoms with Crippen molar-refractivity contribution in [3.63, 3.8) is 0 Å². The minimum absolute atomic E-state index is 0.0937. The number of amides is 1. The molecule has 2 aromatic rings. The lowest BCUT2D eigenvalue weighted by atomic mass is 10.2. The van der Waals surface area contributed by atoms with Crippen molar-refractivity contribution >= 4 is 5.91 Å². The zero-order valence-corrected chi connectivity index (χ0v) is 15.7. The number of aromatic nitrogens is 2. The van der Waals surface area contributed by atoms with Gasteiger partial charge in [0.05, 0.1) is 24.5 Å². The summed E-state index contributed by atoms with van der Waals surface area (Å²) >= 11 is 0. The fourth-order valence-corrected chi connectivity index (χ4v) is 3.32. The van der Waals surface area contributed by atoms with Crippen molar-refractivity contribution in [1.82, 2.24) is 20.0 Å². The standard InChI is InChI=1S/C20H28N4O2/c1-3-10-23-11-5-12-24-18(15-23)13-17(22-24)14-21-20(25)16-6-8-19(9-7-16)26-4-2/h6-9,13H,3-5,10-12,14-15H2,1-2H3,(H,21,25). The summed E-state index contributed by atoms with van der Waals surface area (Å²) < 4.78 is 7.50. The second-order valence-corrected chi connectivity index (χ2v) is 6.62. The number of fused-ring (bicyclic) bond motifs is 1. The molecule has 26 heavy (non-hydrogen) atoms. The number of rotatable bonds is 7. The first kappa shape index (κ1) is 18.5. The van der Waals surface area contributed by atoms with Crippen molar-refractivity contribution in [1.29, 1.82) is 0 Å². The van der Waals surface area contributed by atoms with E-state index in [1.807, 2.05) is 19.1 Å². The Labute approximate surface area is 155 Å². The van der Waals surface area contributed by atoms with E-state index >= 15 is 0 Å². The molecule has 1 amide bonds. The monoisotopic (exact) mass is 356 g/mol. The molecule has 6 nitrogen and oxygen atoms in total. The summed E-state index contributed by atoms with van der Waals surface area (Å²) in [6.45, 7) is 9.34. The van der Waals surface area contributed by atoms with Crippen LogP contribution in [-0.4, -0.2) is 40.3 Å². The Kier molecular flexibility index (Phi) is 6.28. The Morgan fingerprint density at radius 1 is 1.23 bits per heavy atom. The van der Waals surface area contributed by atoms with Crippen LogP contribution in [0.1, 0.15) is 48.4 Å². The molecule has 0 aliphatic carbocycles. The Hall–Kier alpha value is -2.34. The third kappa shape index (κ3) is 4.64. The van der Waals surface area contributed by atoms with E-state index in [2.05, 4.69) is 33.0 Å². The fourth-order valence-electron chi connectivity index (χ4n) is 3.32. The van der Waals surface area contributed by atoms with Crippen LogP contribution in [0.4, 0.5) is 0 Å². The second kappa shape index (κ2) is 8.85. The number of carbonyl (C=O) groups is 1. The zero-order valence-electron chi connectivity index (χ0n) is 15.7. The van der Waals surface area contributed by atoms with Crippen molar-refractivity contribution in [3.05, 3.63) is 47.3 Å². The van der Waals surface area contributed by atoms with Gasteiger partial charge < -0.3 is 10.1 Å². The van der Waals surface area contributed by atoms with Crippen molar-refractivity contribution in [2.75, 3.05) is 19.7 Å². The second-order valence-electron chi connectivity index (χ2n) is 6.62. The van der Waals surface area contributed by atoms with E-state index in [1.165, 1.54) is 12.1 Å². The van der Waals surface area contributed by atoms with E-state index in [-0.39, 0.29) is 5.91 Å². The number of carbonyl (C=O) groups excluding carboxylic acids is 1. The van der Waals surface area contributed by atoms with Gasteiger partial charge in [-0.15, -0.1) is 0 Å². The first-order valence-corrected chi connectivity index (χ1v) is 9.48. The van der Waals surface area contributed by atoms with Gasteiger partial charge in [-0.3, -0.25) is 14.4 Å². The first-order valence-electron chi connectivity index (χ1n) is 9.48. The van der Waals surface area contributed by atoms with Crippen molar-refractivity contribution in [3.8, 4) is 5.75 Å². The molecule has 3 rings (SSSR count). The third-order valence-electron chi connectivity index (χ3n) is 4.54. The van der Waals surface area contributed by atoms with Crippen LogP contribution in [0.3, 0.4) is 0 Å². The highest BCUT2D eigenvalue weighted by atomic mass is 16.5. The van der Waals surface area contributed by atoms with Crippen LogP contribution >= 0.6 is 0 Å². The molecule has 1 N–H and O–H groups in total. The first-order chi connectivity index (χ1) is 12.7. The van der Waals surface area contributed by atoms with Gasteiger partial charge in [0.1, 0.15) is 5.75 Å². The molecule has 1 aliphatic rings. The number of benzene rings is 1. The van der Waals surface area contributed by atoms with Crippen LogP contribution in [0, 0.1) is 0 Å². The van der Waals surface area contributed by atoms with E-state index < -0.39 is 0 Å². The molecule has 0 spiro atoms. The van der Waals surface area contributed by atoms with Crippen LogP contribution in [0.5, 0.6) is 5.75 Å². The van der Waals surface area contributed by atoms with Gasteiger partial charge in [-0.2, -0.15) is 5.10 Å². The predicted octanol–water partition coefficient (Wildman–Crippen LogP) is 2.83. The highest BCUT2D eigenvalue weighted by Gasteiger charge is 2.16. The average molecular weight is 356 g/mol. The van der Waals surface area contributed by atoms with Gasteiger partial charge in [-0.1, -0.05) is 6.92 Å². The average Bonchev–Trinajstić information content (AvgIpc) is 2.93. The summed E-state index contributed by atoms with van der Waals surface area (Å²) in [6.07, 6.45) is 2.28. The van der Waals surface area contributed by atoms with E-state index in [0.717, 1.165) is 44.0 Å².